The largest absolute Gasteiger partial charge is 0.271 e. The number of hydrogen-bond donors (Lipinski definition) is 0. The molecule has 5 nitrogen and oxygen atoms in total. The lowest BCUT2D eigenvalue weighted by molar-refractivity contribution is 0.131. The molecular formula is C17H17FN4O. The van der Waals surface area contributed by atoms with Gasteiger partial charge in [-0.1, -0.05) is 36.4 Å². The molecule has 0 amide bonds. The summed E-state index contributed by atoms with van der Waals surface area (Å²) < 4.78 is 38.0. The lowest BCUT2D eigenvalue weighted by Gasteiger charge is -2.12. The predicted molar refractivity (Wildman–Crippen MR) is 86.8 cm³/mol. The first-order chi connectivity index (χ1) is 12.4. The number of aromatic nitrogens is 3. The molecule has 1 heterocycles. The van der Waals surface area contributed by atoms with Gasteiger partial charge in [0.25, 0.3) is 5.95 Å². The minimum atomic E-state index is -2.59. The van der Waals surface area contributed by atoms with Crippen molar-refractivity contribution in [2.24, 2.45) is 0 Å². The zero-order chi connectivity index (χ0) is 18.7. The molecule has 2 aromatic carbocycles. The highest BCUT2D eigenvalue weighted by Gasteiger charge is 2.16. The Kier molecular flexibility index (Phi) is 3.37. The van der Waals surface area contributed by atoms with Crippen LogP contribution >= 0.6 is 0 Å². The lowest BCUT2D eigenvalue weighted by Crippen LogP contribution is -2.19. The highest BCUT2D eigenvalue weighted by Crippen LogP contribution is 2.24. The van der Waals surface area contributed by atoms with E-state index in [1.807, 2.05) is 30.3 Å². The average Bonchev–Trinajstić information content (AvgIpc) is 3.04. The Balaban J connectivity index is 2.17. The molecule has 23 heavy (non-hydrogen) atoms. The van der Waals surface area contributed by atoms with Gasteiger partial charge in [-0.15, -0.1) is 5.10 Å². The molecule has 3 rings (SSSR count). The summed E-state index contributed by atoms with van der Waals surface area (Å²) in [6, 6.07) is 14.9. The lowest BCUT2D eigenvalue weighted by atomic mass is 10.2. The van der Waals surface area contributed by atoms with Crippen molar-refractivity contribution < 1.29 is 13.3 Å². The van der Waals surface area contributed by atoms with E-state index in [1.165, 1.54) is 16.8 Å². The molecule has 0 aliphatic carbocycles. The standard InChI is InChI=1S/C17H17FN4O/c1-3-23-21(2)17-19-16(13-8-5-4-6-9-13)22(20-17)15-11-7-10-14(18)12-15/h4-12H,3H2,1-2H3/i2D3. The SMILES string of the molecule is [2H]C([2H])([2H])N(OCC)c1nc(-c2ccccc2)n(-c2cccc(F)c2)n1. The highest BCUT2D eigenvalue weighted by atomic mass is 19.1. The van der Waals surface area contributed by atoms with Crippen molar-refractivity contribution in [2.45, 2.75) is 6.92 Å². The molecule has 3 aromatic rings. The van der Waals surface area contributed by atoms with Crippen LogP contribution in [0.1, 0.15) is 11.0 Å². The summed E-state index contributed by atoms with van der Waals surface area (Å²) in [7, 11) is 0. The summed E-state index contributed by atoms with van der Waals surface area (Å²) in [6.45, 7) is -0.786. The maximum atomic E-state index is 13.7. The van der Waals surface area contributed by atoms with E-state index in [4.69, 9.17) is 8.95 Å². The minimum absolute atomic E-state index is 0.130. The molecule has 0 saturated carbocycles. The number of rotatable bonds is 5. The maximum absolute atomic E-state index is 13.7. The van der Waals surface area contributed by atoms with Gasteiger partial charge in [-0.3, -0.25) is 4.84 Å². The maximum Gasteiger partial charge on any atom is 0.269 e. The Morgan fingerprint density at radius 3 is 2.74 bits per heavy atom. The van der Waals surface area contributed by atoms with Gasteiger partial charge in [0.1, 0.15) is 5.82 Å². The second-order valence-corrected chi connectivity index (χ2v) is 4.71. The third-order valence-electron chi connectivity index (χ3n) is 3.12. The number of nitrogens with zero attached hydrogens (tertiary/aromatic N) is 4. The minimum Gasteiger partial charge on any atom is -0.271 e. The van der Waals surface area contributed by atoms with Gasteiger partial charge in [0.05, 0.1) is 12.3 Å². The van der Waals surface area contributed by atoms with Crippen LogP contribution in [0.4, 0.5) is 10.3 Å². The van der Waals surface area contributed by atoms with Crippen LogP contribution in [0, 0.1) is 5.82 Å². The summed E-state index contributed by atoms with van der Waals surface area (Å²) in [6.07, 6.45) is 0. The zero-order valence-electron chi connectivity index (χ0n) is 15.5. The van der Waals surface area contributed by atoms with Crippen LogP contribution in [0.25, 0.3) is 17.1 Å². The molecule has 0 N–H and O–H groups in total. The van der Waals surface area contributed by atoms with E-state index >= 15 is 0 Å². The predicted octanol–water partition coefficient (Wildman–Crippen LogP) is 3.46. The molecule has 1 aromatic heterocycles. The average molecular weight is 315 g/mol. The molecular weight excluding hydrogens is 295 g/mol. The summed E-state index contributed by atoms with van der Waals surface area (Å²) >= 11 is 0. The number of hydrogen-bond acceptors (Lipinski definition) is 4. The first-order valence-corrected chi connectivity index (χ1v) is 7.11. The Labute approximate surface area is 138 Å². The van der Waals surface area contributed by atoms with Crippen molar-refractivity contribution in [3.8, 4) is 17.1 Å². The normalized spacial score (nSPS) is 13.2. The fraction of sp³-hybridized carbons (Fsp3) is 0.176. The van der Waals surface area contributed by atoms with Gasteiger partial charge in [0.2, 0.25) is 0 Å². The Morgan fingerprint density at radius 1 is 1.22 bits per heavy atom. The van der Waals surface area contributed by atoms with Crippen LogP contribution in [0.2, 0.25) is 0 Å². The summed E-state index contributed by atoms with van der Waals surface area (Å²) in [5.74, 6) is -0.189. The fourth-order valence-corrected chi connectivity index (χ4v) is 2.14. The monoisotopic (exact) mass is 315 g/mol. The van der Waals surface area contributed by atoms with Gasteiger partial charge in [-0.2, -0.15) is 4.98 Å². The highest BCUT2D eigenvalue weighted by molar-refractivity contribution is 5.59. The summed E-state index contributed by atoms with van der Waals surface area (Å²) in [5.41, 5.74) is 1.13. The fourth-order valence-electron chi connectivity index (χ4n) is 2.14. The number of anilines is 1. The van der Waals surface area contributed by atoms with E-state index in [9.17, 15) is 4.39 Å². The molecule has 0 saturated heterocycles. The third-order valence-corrected chi connectivity index (χ3v) is 3.12. The Bertz CT molecular complexity index is 883. The van der Waals surface area contributed by atoms with Crippen molar-refractivity contribution in [3.63, 3.8) is 0 Å². The number of benzene rings is 2. The van der Waals surface area contributed by atoms with Crippen LogP contribution in [0.5, 0.6) is 0 Å². The third kappa shape index (κ3) is 3.22. The van der Waals surface area contributed by atoms with Crippen LogP contribution in [-0.4, -0.2) is 28.3 Å². The molecule has 0 atom stereocenters. The van der Waals surface area contributed by atoms with Crippen molar-refractivity contribution in [2.75, 3.05) is 18.6 Å². The molecule has 0 radical (unpaired) electrons. The summed E-state index contributed by atoms with van der Waals surface area (Å²) in [5, 5.41) is 4.95. The molecule has 0 unspecified atom stereocenters. The quantitative estimate of drug-likeness (QED) is 0.676. The zero-order valence-corrected chi connectivity index (χ0v) is 12.5. The Hall–Kier alpha value is -2.73. The van der Waals surface area contributed by atoms with E-state index < -0.39 is 12.8 Å². The van der Waals surface area contributed by atoms with Crippen LogP contribution < -0.4 is 5.06 Å². The molecule has 6 heteroatoms. The van der Waals surface area contributed by atoms with Crippen molar-refractivity contribution in [1.82, 2.24) is 14.8 Å². The van der Waals surface area contributed by atoms with Gasteiger partial charge in [0, 0.05) is 16.7 Å². The van der Waals surface area contributed by atoms with Crippen LogP contribution in [-0.2, 0) is 4.84 Å². The van der Waals surface area contributed by atoms with Gasteiger partial charge >= 0.3 is 0 Å². The van der Waals surface area contributed by atoms with E-state index in [-0.39, 0.29) is 12.6 Å². The molecule has 118 valence electrons. The van der Waals surface area contributed by atoms with Gasteiger partial charge in [-0.05, 0) is 25.1 Å². The van der Waals surface area contributed by atoms with Gasteiger partial charge in [0.15, 0.2) is 5.82 Å². The van der Waals surface area contributed by atoms with Gasteiger partial charge in [-0.25, -0.2) is 14.1 Å². The van der Waals surface area contributed by atoms with E-state index in [0.29, 0.717) is 22.1 Å². The number of halogens is 1. The first kappa shape index (κ1) is 11.8. The van der Waals surface area contributed by atoms with Gasteiger partial charge < -0.3 is 0 Å². The van der Waals surface area contributed by atoms with E-state index in [1.54, 1.807) is 19.1 Å². The molecule has 0 spiro atoms. The number of hydroxylamine groups is 1. The van der Waals surface area contributed by atoms with Crippen molar-refractivity contribution in [1.29, 1.82) is 0 Å². The first-order valence-electron chi connectivity index (χ1n) is 8.61. The van der Waals surface area contributed by atoms with Crippen LogP contribution in [0.15, 0.2) is 54.6 Å². The second-order valence-electron chi connectivity index (χ2n) is 4.71. The van der Waals surface area contributed by atoms with Crippen molar-refractivity contribution >= 4 is 5.95 Å². The molecule has 0 fully saturated rings. The summed E-state index contributed by atoms with van der Waals surface area (Å²) in [4.78, 5) is 9.56. The van der Waals surface area contributed by atoms with E-state index in [0.717, 1.165) is 0 Å². The molecule has 0 aliphatic heterocycles. The molecule has 0 bridgehead atoms. The smallest absolute Gasteiger partial charge is 0.269 e. The molecule has 0 aliphatic rings. The van der Waals surface area contributed by atoms with Crippen LogP contribution in [0.3, 0.4) is 0 Å². The Morgan fingerprint density at radius 2 is 2.04 bits per heavy atom. The van der Waals surface area contributed by atoms with E-state index in [2.05, 4.69) is 10.1 Å². The topological polar surface area (TPSA) is 43.2 Å². The van der Waals surface area contributed by atoms with Crippen molar-refractivity contribution in [3.05, 3.63) is 60.4 Å². The second kappa shape index (κ2) is 6.58.